The van der Waals surface area contributed by atoms with E-state index in [1.54, 1.807) is 24.3 Å². The molecule has 2 aromatic carbocycles. The number of hydrogen-bond donors (Lipinski definition) is 3. The second-order valence-electron chi connectivity index (χ2n) is 7.20. The number of rotatable bonds is 7. The number of amides is 3. The van der Waals surface area contributed by atoms with E-state index >= 15 is 0 Å². The summed E-state index contributed by atoms with van der Waals surface area (Å²) in [5.74, 6) is -2.35. The van der Waals surface area contributed by atoms with Crippen LogP contribution in [0.1, 0.15) is 28.3 Å². The molecule has 1 saturated carbocycles. The van der Waals surface area contributed by atoms with Crippen LogP contribution in [0.15, 0.2) is 36.4 Å². The largest absolute Gasteiger partial charge is 0.359 e. The molecule has 11 heteroatoms. The van der Waals surface area contributed by atoms with E-state index in [1.165, 1.54) is 19.2 Å². The zero-order chi connectivity index (χ0) is 23.6. The van der Waals surface area contributed by atoms with E-state index < -0.39 is 28.0 Å². The van der Waals surface area contributed by atoms with Crippen LogP contribution < -0.4 is 16.0 Å². The Morgan fingerprint density at radius 3 is 2.28 bits per heavy atom. The SMILES string of the molecule is CNC(=O)CCNC(=O)c1cc(NC(=O)[C@H]2[C@H](c3cc(Cl)cc(Cl)c3)C2(Cl)Cl)ccc1Cl. The lowest BCUT2D eigenvalue weighted by Gasteiger charge is -2.10. The van der Waals surface area contributed by atoms with Gasteiger partial charge < -0.3 is 16.0 Å². The quantitative estimate of drug-likeness (QED) is 0.433. The number of hydrogen-bond acceptors (Lipinski definition) is 3. The predicted molar refractivity (Wildman–Crippen MR) is 128 cm³/mol. The van der Waals surface area contributed by atoms with Crippen LogP contribution in [0.25, 0.3) is 0 Å². The number of halogens is 5. The molecule has 170 valence electrons. The van der Waals surface area contributed by atoms with Crippen LogP contribution in [0, 0.1) is 5.92 Å². The summed E-state index contributed by atoms with van der Waals surface area (Å²) in [4.78, 5) is 36.6. The van der Waals surface area contributed by atoms with Crippen molar-refractivity contribution in [3.05, 3.63) is 62.6 Å². The topological polar surface area (TPSA) is 87.3 Å². The highest BCUT2D eigenvalue weighted by molar-refractivity contribution is 6.53. The number of benzene rings is 2. The maximum absolute atomic E-state index is 12.9. The van der Waals surface area contributed by atoms with Gasteiger partial charge in [-0.25, -0.2) is 0 Å². The number of carbonyl (C=O) groups is 3. The van der Waals surface area contributed by atoms with Gasteiger partial charge in [-0.15, -0.1) is 23.2 Å². The van der Waals surface area contributed by atoms with Gasteiger partial charge in [-0.05, 0) is 42.0 Å². The van der Waals surface area contributed by atoms with Gasteiger partial charge in [-0.1, -0.05) is 34.8 Å². The lowest BCUT2D eigenvalue weighted by molar-refractivity contribution is -0.120. The van der Waals surface area contributed by atoms with Crippen LogP contribution >= 0.6 is 58.0 Å². The molecule has 0 heterocycles. The molecule has 0 bridgehead atoms. The standard InChI is InChI=1S/C21H18Cl5N3O3/c1-27-16(30)4-5-28-19(31)14-9-13(2-3-15(14)24)29-20(32)18-17(21(18,25)26)10-6-11(22)8-12(23)7-10/h2-3,6-9,17-18H,4-5H2,1H3,(H,27,30)(H,28,31)(H,29,32)/t17-,18+/m0/s1. The van der Waals surface area contributed by atoms with E-state index in [9.17, 15) is 14.4 Å². The fourth-order valence-corrected chi connectivity index (χ4v) is 4.90. The van der Waals surface area contributed by atoms with Gasteiger partial charge in [-0.2, -0.15) is 0 Å². The number of anilines is 1. The Bertz CT molecular complexity index is 1060. The summed E-state index contributed by atoms with van der Waals surface area (Å²) in [6.45, 7) is 0.137. The molecule has 6 nitrogen and oxygen atoms in total. The van der Waals surface area contributed by atoms with Crippen LogP contribution in [-0.4, -0.2) is 35.6 Å². The lowest BCUT2D eigenvalue weighted by Crippen LogP contribution is -2.29. The Kier molecular flexibility index (Phi) is 7.84. The molecule has 0 aliphatic heterocycles. The van der Waals surface area contributed by atoms with Gasteiger partial charge >= 0.3 is 0 Å². The summed E-state index contributed by atoms with van der Waals surface area (Å²) >= 11 is 31.0. The summed E-state index contributed by atoms with van der Waals surface area (Å²) in [5.41, 5.74) is 1.15. The molecule has 2 atom stereocenters. The second kappa shape index (κ2) is 10.1. The summed E-state index contributed by atoms with van der Waals surface area (Å²) in [6, 6.07) is 9.37. The molecule has 1 aliphatic rings. The molecule has 0 radical (unpaired) electrons. The maximum Gasteiger partial charge on any atom is 0.252 e. The third-order valence-corrected chi connectivity index (χ3v) is 6.68. The molecular formula is C21H18Cl5N3O3. The van der Waals surface area contributed by atoms with Crippen LogP contribution in [0.2, 0.25) is 15.1 Å². The third-order valence-electron chi connectivity index (χ3n) is 4.97. The Labute approximate surface area is 209 Å². The molecular weight excluding hydrogens is 520 g/mol. The van der Waals surface area contributed by atoms with E-state index in [4.69, 9.17) is 58.0 Å². The minimum Gasteiger partial charge on any atom is -0.359 e. The van der Waals surface area contributed by atoms with Crippen molar-refractivity contribution >= 4 is 81.4 Å². The van der Waals surface area contributed by atoms with Crippen LogP contribution in [-0.2, 0) is 9.59 Å². The fraction of sp³-hybridized carbons (Fsp3) is 0.286. The zero-order valence-corrected chi connectivity index (χ0v) is 20.4. The number of nitrogens with one attached hydrogen (secondary N) is 3. The van der Waals surface area contributed by atoms with Gasteiger partial charge in [0.1, 0.15) is 4.33 Å². The fourth-order valence-electron chi connectivity index (χ4n) is 3.33. The van der Waals surface area contributed by atoms with Crippen LogP contribution in [0.5, 0.6) is 0 Å². The van der Waals surface area contributed by atoms with Gasteiger partial charge in [0.15, 0.2) is 0 Å². The van der Waals surface area contributed by atoms with Crippen molar-refractivity contribution in [1.29, 1.82) is 0 Å². The lowest BCUT2D eigenvalue weighted by atomic mass is 10.1. The minimum atomic E-state index is -1.33. The van der Waals surface area contributed by atoms with Crippen molar-refractivity contribution in [3.8, 4) is 0 Å². The molecule has 32 heavy (non-hydrogen) atoms. The molecule has 1 aliphatic carbocycles. The van der Waals surface area contributed by atoms with E-state index in [0.29, 0.717) is 21.3 Å². The van der Waals surface area contributed by atoms with Crippen molar-refractivity contribution in [1.82, 2.24) is 10.6 Å². The molecule has 0 spiro atoms. The molecule has 0 aromatic heterocycles. The van der Waals surface area contributed by atoms with Crippen molar-refractivity contribution in [2.75, 3.05) is 18.9 Å². The molecule has 2 aromatic rings. The number of alkyl halides is 2. The average Bonchev–Trinajstić information content (AvgIpc) is 3.30. The minimum absolute atomic E-state index is 0.125. The first-order valence-electron chi connectivity index (χ1n) is 9.47. The molecule has 3 amide bonds. The first-order valence-corrected chi connectivity index (χ1v) is 11.4. The van der Waals surface area contributed by atoms with E-state index in [-0.39, 0.29) is 29.5 Å². The zero-order valence-electron chi connectivity index (χ0n) is 16.6. The Morgan fingerprint density at radius 1 is 1.00 bits per heavy atom. The van der Waals surface area contributed by atoms with Crippen molar-refractivity contribution in [3.63, 3.8) is 0 Å². The monoisotopic (exact) mass is 535 g/mol. The highest BCUT2D eigenvalue weighted by atomic mass is 35.5. The highest BCUT2D eigenvalue weighted by Crippen LogP contribution is 2.65. The Balaban J connectivity index is 1.70. The molecule has 0 saturated heterocycles. The maximum atomic E-state index is 12.9. The van der Waals surface area contributed by atoms with Crippen molar-refractivity contribution in [2.24, 2.45) is 5.92 Å². The first-order chi connectivity index (χ1) is 15.0. The van der Waals surface area contributed by atoms with Crippen LogP contribution in [0.3, 0.4) is 0 Å². The van der Waals surface area contributed by atoms with E-state index in [0.717, 1.165) is 0 Å². The summed E-state index contributed by atoms with van der Waals surface area (Å²) in [7, 11) is 1.51. The predicted octanol–water partition coefficient (Wildman–Crippen LogP) is 5.04. The van der Waals surface area contributed by atoms with E-state index in [2.05, 4.69) is 16.0 Å². The first kappa shape index (κ1) is 24.9. The Morgan fingerprint density at radius 2 is 1.66 bits per heavy atom. The van der Waals surface area contributed by atoms with Gasteiger partial charge in [0.25, 0.3) is 5.91 Å². The van der Waals surface area contributed by atoms with E-state index in [1.807, 2.05) is 0 Å². The van der Waals surface area contributed by atoms with Gasteiger partial charge in [0.2, 0.25) is 11.8 Å². The molecule has 3 rings (SSSR count). The normalized spacial score (nSPS) is 18.6. The van der Waals surface area contributed by atoms with Crippen molar-refractivity contribution in [2.45, 2.75) is 16.7 Å². The van der Waals surface area contributed by atoms with Gasteiger partial charge in [0.05, 0.1) is 16.5 Å². The Hall–Kier alpha value is -1.70. The third kappa shape index (κ3) is 5.61. The second-order valence-corrected chi connectivity index (χ2v) is 9.92. The summed E-state index contributed by atoms with van der Waals surface area (Å²) in [6.07, 6.45) is 0.125. The molecule has 0 unspecified atom stereocenters. The van der Waals surface area contributed by atoms with Gasteiger partial charge in [0, 0.05) is 41.7 Å². The summed E-state index contributed by atoms with van der Waals surface area (Å²) < 4.78 is -1.33. The molecule has 3 N–H and O–H groups in total. The number of carbonyl (C=O) groups excluding carboxylic acids is 3. The highest BCUT2D eigenvalue weighted by Gasteiger charge is 2.67. The van der Waals surface area contributed by atoms with Crippen molar-refractivity contribution < 1.29 is 14.4 Å². The smallest absolute Gasteiger partial charge is 0.252 e. The average molecular weight is 538 g/mol. The van der Waals surface area contributed by atoms with Crippen LogP contribution in [0.4, 0.5) is 5.69 Å². The molecule has 1 fully saturated rings. The van der Waals surface area contributed by atoms with Gasteiger partial charge in [-0.3, -0.25) is 14.4 Å². The summed E-state index contributed by atoms with van der Waals surface area (Å²) in [5, 5.41) is 8.81.